The van der Waals surface area contributed by atoms with E-state index in [1.54, 1.807) is 23.5 Å². The number of aryl methyl sites for hydroxylation is 1. The molecule has 3 aliphatic rings. The largest absolute Gasteiger partial charge is 0.493 e. The van der Waals surface area contributed by atoms with Crippen LogP contribution in [0, 0.1) is 18.6 Å². The number of halogens is 2. The minimum absolute atomic E-state index is 0.0235. The Balaban J connectivity index is 1.31. The average Bonchev–Trinajstić information content (AvgIpc) is 3.75. The van der Waals surface area contributed by atoms with E-state index in [4.69, 9.17) is 4.74 Å². The smallest absolute Gasteiger partial charge is 0.254 e. The Bertz CT molecular complexity index is 1510. The molecule has 11 heteroatoms. The van der Waals surface area contributed by atoms with Crippen LogP contribution < -0.4 is 15.4 Å². The number of rotatable bonds is 8. The number of fused-ring (bicyclic) bond motifs is 1. The third kappa shape index (κ3) is 6.64. The maximum atomic E-state index is 14.2. The van der Waals surface area contributed by atoms with Crippen molar-refractivity contribution in [3.63, 3.8) is 0 Å². The lowest BCUT2D eigenvalue weighted by Gasteiger charge is -2.29. The lowest BCUT2D eigenvalue weighted by atomic mass is 9.94. The minimum atomic E-state index is -1.00. The summed E-state index contributed by atoms with van der Waals surface area (Å²) in [6, 6.07) is 5.28. The summed E-state index contributed by atoms with van der Waals surface area (Å²) in [7, 11) is 0. The van der Waals surface area contributed by atoms with Crippen LogP contribution in [-0.2, 0) is 12.8 Å². The summed E-state index contributed by atoms with van der Waals surface area (Å²) in [6.45, 7) is 3.76. The van der Waals surface area contributed by atoms with Gasteiger partial charge >= 0.3 is 0 Å². The maximum absolute atomic E-state index is 14.2. The molecule has 44 heavy (non-hydrogen) atoms. The van der Waals surface area contributed by atoms with Crippen molar-refractivity contribution in [2.45, 2.75) is 82.5 Å². The molecule has 0 radical (unpaired) electrons. The highest BCUT2D eigenvalue weighted by molar-refractivity contribution is 7.09. The molecule has 2 amide bonds. The van der Waals surface area contributed by atoms with Gasteiger partial charge in [0, 0.05) is 46.4 Å². The number of aromatic nitrogens is 1. The average molecular weight is 625 g/mol. The number of aliphatic hydroxyl groups excluding tert-OH is 1. The molecule has 6 rings (SSSR count). The summed E-state index contributed by atoms with van der Waals surface area (Å²) in [6.07, 6.45) is 4.66. The molecule has 3 aromatic rings. The summed E-state index contributed by atoms with van der Waals surface area (Å²) in [5.74, 6) is -1.59. The molecule has 1 aromatic heterocycles. The molecule has 3 aliphatic heterocycles. The Kier molecular flexibility index (Phi) is 9.25. The minimum Gasteiger partial charge on any atom is -0.493 e. The van der Waals surface area contributed by atoms with Gasteiger partial charge in [-0.2, -0.15) is 0 Å². The number of ether oxygens (including phenoxy) is 1. The highest BCUT2D eigenvalue weighted by atomic mass is 32.1. The lowest BCUT2D eigenvalue weighted by molar-refractivity contribution is 0.0732. The van der Waals surface area contributed by atoms with Gasteiger partial charge in [-0.1, -0.05) is 0 Å². The van der Waals surface area contributed by atoms with Crippen LogP contribution in [0.15, 0.2) is 35.7 Å². The van der Waals surface area contributed by atoms with Gasteiger partial charge in [0.05, 0.1) is 24.8 Å². The highest BCUT2D eigenvalue weighted by Gasteiger charge is 2.36. The molecule has 4 atom stereocenters. The molecule has 2 aromatic carbocycles. The predicted molar refractivity (Wildman–Crippen MR) is 163 cm³/mol. The number of hydrogen-bond acceptors (Lipinski definition) is 7. The molecule has 4 heterocycles. The van der Waals surface area contributed by atoms with Crippen LogP contribution in [0.25, 0.3) is 0 Å². The Morgan fingerprint density at radius 2 is 1.95 bits per heavy atom. The zero-order valence-corrected chi connectivity index (χ0v) is 25.6. The van der Waals surface area contributed by atoms with E-state index in [1.807, 2.05) is 17.2 Å². The number of thiazole rings is 1. The maximum Gasteiger partial charge on any atom is 0.254 e. The van der Waals surface area contributed by atoms with E-state index in [-0.39, 0.29) is 30.0 Å². The third-order valence-electron chi connectivity index (χ3n) is 8.83. The molecule has 0 spiro atoms. The second-order valence-corrected chi connectivity index (χ2v) is 12.9. The van der Waals surface area contributed by atoms with E-state index >= 15 is 0 Å². The summed E-state index contributed by atoms with van der Waals surface area (Å²) in [4.78, 5) is 34.6. The zero-order chi connectivity index (χ0) is 30.8. The van der Waals surface area contributed by atoms with Crippen LogP contribution >= 0.6 is 11.3 Å². The lowest BCUT2D eigenvalue weighted by Crippen LogP contribution is -2.52. The van der Waals surface area contributed by atoms with Crippen molar-refractivity contribution in [2.24, 2.45) is 0 Å². The van der Waals surface area contributed by atoms with Gasteiger partial charge in [-0.3, -0.25) is 9.59 Å². The number of hydrogen-bond donors (Lipinski definition) is 3. The number of carbonyl (C=O) groups is 2. The van der Waals surface area contributed by atoms with E-state index < -0.39 is 29.7 Å². The number of likely N-dealkylation sites (tertiary alicyclic amines) is 1. The fraction of sp³-hybridized carbons (Fsp3) is 0.485. The number of amides is 2. The molecule has 3 N–H and O–H groups in total. The van der Waals surface area contributed by atoms with Crippen molar-refractivity contribution in [3.8, 4) is 5.75 Å². The summed E-state index contributed by atoms with van der Waals surface area (Å²) >= 11 is 1.56. The zero-order valence-electron chi connectivity index (χ0n) is 24.8. The monoisotopic (exact) mass is 624 g/mol. The third-order valence-corrected chi connectivity index (χ3v) is 9.90. The molecule has 2 fully saturated rings. The van der Waals surface area contributed by atoms with Gasteiger partial charge in [0.25, 0.3) is 11.8 Å². The fourth-order valence-corrected chi connectivity index (χ4v) is 7.60. The Hall–Kier alpha value is -3.41. The predicted octanol–water partition coefficient (Wildman–Crippen LogP) is 4.88. The second-order valence-electron chi connectivity index (χ2n) is 12.0. The molecule has 8 nitrogen and oxygen atoms in total. The van der Waals surface area contributed by atoms with Gasteiger partial charge in [0.15, 0.2) is 0 Å². The van der Waals surface area contributed by atoms with E-state index in [0.29, 0.717) is 42.9 Å². The first kappa shape index (κ1) is 30.6. The van der Waals surface area contributed by atoms with Crippen molar-refractivity contribution in [3.05, 3.63) is 80.3 Å². The molecule has 0 bridgehead atoms. The molecule has 0 unspecified atom stereocenters. The number of aliphatic hydroxyl groups is 1. The van der Waals surface area contributed by atoms with Crippen molar-refractivity contribution in [1.29, 1.82) is 0 Å². The van der Waals surface area contributed by atoms with Crippen molar-refractivity contribution >= 4 is 23.2 Å². The van der Waals surface area contributed by atoms with Gasteiger partial charge in [-0.15, -0.1) is 11.3 Å². The SMILES string of the molecule is Cc1csc([C@H]2CCCN2C(=O)c2cc(C(=O)N[C@@H](Cc3cc(F)cc(F)c3)[C@H](O)[C@@H]3CCCN3)cc3c2CCCCO3)n1. The van der Waals surface area contributed by atoms with Crippen molar-refractivity contribution in [1.82, 2.24) is 20.5 Å². The molecular formula is C33H38F2N4O4S. The second kappa shape index (κ2) is 13.3. The van der Waals surface area contributed by atoms with E-state index in [9.17, 15) is 23.5 Å². The summed E-state index contributed by atoms with van der Waals surface area (Å²) in [5.41, 5.74) is 2.72. The Morgan fingerprint density at radius 3 is 2.68 bits per heavy atom. The standard InChI is InChI=1S/C33H38F2N4O4S/c1-19-18-44-32(37-19)28-8-5-10-39(28)33(42)25-15-21(16-29-24(25)6-2-3-11-43-29)31(41)38-27(30(40)26-7-4-9-36-26)14-20-12-22(34)17-23(35)13-20/h12-13,15-18,26-28,30,36,40H,2-11,14H2,1H3,(H,38,41)/t26-,27-,28+,30+/m0/s1. The molecule has 0 saturated carbocycles. The van der Waals surface area contributed by atoms with Crippen LogP contribution in [0.2, 0.25) is 0 Å². The number of benzene rings is 2. The van der Waals surface area contributed by atoms with E-state index in [2.05, 4.69) is 15.6 Å². The van der Waals surface area contributed by atoms with Crippen LogP contribution in [0.3, 0.4) is 0 Å². The Morgan fingerprint density at radius 1 is 1.14 bits per heavy atom. The first-order valence-electron chi connectivity index (χ1n) is 15.5. The quantitative estimate of drug-likeness (QED) is 0.330. The van der Waals surface area contributed by atoms with Crippen molar-refractivity contribution in [2.75, 3.05) is 19.7 Å². The molecule has 234 valence electrons. The van der Waals surface area contributed by atoms with E-state index in [1.165, 1.54) is 12.1 Å². The highest BCUT2D eigenvalue weighted by Crippen LogP contribution is 2.37. The van der Waals surface area contributed by atoms with Gasteiger partial charge in [0.1, 0.15) is 22.4 Å². The first-order valence-corrected chi connectivity index (χ1v) is 16.3. The molecular weight excluding hydrogens is 586 g/mol. The summed E-state index contributed by atoms with van der Waals surface area (Å²) in [5, 5.41) is 20.4. The first-order chi connectivity index (χ1) is 21.3. The number of carbonyl (C=O) groups excluding carboxylic acids is 2. The summed E-state index contributed by atoms with van der Waals surface area (Å²) < 4.78 is 34.1. The topological polar surface area (TPSA) is 104 Å². The number of nitrogens with one attached hydrogen (secondary N) is 2. The van der Waals surface area contributed by atoms with Gasteiger partial charge < -0.3 is 25.4 Å². The van der Waals surface area contributed by atoms with Gasteiger partial charge in [-0.05, 0) is 94.7 Å². The van der Waals surface area contributed by atoms with Gasteiger partial charge in [0.2, 0.25) is 0 Å². The van der Waals surface area contributed by atoms with Crippen molar-refractivity contribution < 1.29 is 28.2 Å². The molecule has 2 saturated heterocycles. The Labute approximate surface area is 259 Å². The van der Waals surface area contributed by atoms with E-state index in [0.717, 1.165) is 61.0 Å². The van der Waals surface area contributed by atoms with Crippen LogP contribution in [-0.4, -0.2) is 64.7 Å². The van der Waals surface area contributed by atoms with Crippen LogP contribution in [0.4, 0.5) is 8.78 Å². The van der Waals surface area contributed by atoms with Crippen LogP contribution in [0.5, 0.6) is 5.75 Å². The van der Waals surface area contributed by atoms with Crippen LogP contribution in [0.1, 0.15) is 87.1 Å². The normalized spacial score (nSPS) is 21.3. The van der Waals surface area contributed by atoms with Gasteiger partial charge in [-0.25, -0.2) is 13.8 Å². The molecule has 0 aliphatic carbocycles. The number of nitrogens with zero attached hydrogens (tertiary/aromatic N) is 2. The fourth-order valence-electron chi connectivity index (χ4n) is 6.66.